The lowest BCUT2D eigenvalue weighted by Crippen LogP contribution is -2.39. The highest BCUT2D eigenvalue weighted by Crippen LogP contribution is 2.29. The van der Waals surface area contributed by atoms with Gasteiger partial charge in [0.2, 0.25) is 0 Å². The normalized spacial score (nSPS) is 21.6. The summed E-state index contributed by atoms with van der Waals surface area (Å²) in [5.74, 6) is 2.57. The van der Waals surface area contributed by atoms with Gasteiger partial charge in [0, 0.05) is 23.5 Å². The summed E-state index contributed by atoms with van der Waals surface area (Å²) in [5, 5.41) is 7.93. The van der Waals surface area contributed by atoms with Gasteiger partial charge in [-0.2, -0.15) is 0 Å². The van der Waals surface area contributed by atoms with Crippen LogP contribution in [0, 0.1) is 12.8 Å². The molecule has 0 saturated heterocycles. The first kappa shape index (κ1) is 14.0. The number of hydrogen-bond acceptors (Lipinski definition) is 2. The van der Waals surface area contributed by atoms with Gasteiger partial charge in [0.1, 0.15) is 17.9 Å². The van der Waals surface area contributed by atoms with E-state index in [0.29, 0.717) is 12.6 Å². The van der Waals surface area contributed by atoms with Crippen LogP contribution in [0.5, 0.6) is 0 Å². The van der Waals surface area contributed by atoms with Crippen LogP contribution in [0.25, 0.3) is 11.0 Å². The summed E-state index contributed by atoms with van der Waals surface area (Å²) in [7, 11) is 0. The molecular formula is C17H23N3O. The van der Waals surface area contributed by atoms with E-state index in [4.69, 9.17) is 4.42 Å². The number of aryl methyl sites for hydroxylation is 1. The van der Waals surface area contributed by atoms with Crippen LogP contribution in [-0.2, 0) is 6.54 Å². The van der Waals surface area contributed by atoms with Gasteiger partial charge in [-0.15, -0.1) is 0 Å². The maximum atomic E-state index is 5.91. The number of benzene rings is 1. The van der Waals surface area contributed by atoms with Crippen LogP contribution in [0.2, 0.25) is 0 Å². The fourth-order valence-electron chi connectivity index (χ4n) is 2.55. The maximum Gasteiger partial charge on any atom is 0.191 e. The minimum atomic E-state index is 0.566. The molecule has 1 aromatic heterocycles. The van der Waals surface area contributed by atoms with Gasteiger partial charge in [0.15, 0.2) is 5.96 Å². The van der Waals surface area contributed by atoms with E-state index in [1.165, 1.54) is 17.4 Å². The van der Waals surface area contributed by atoms with Crippen molar-refractivity contribution in [2.24, 2.45) is 10.9 Å². The molecule has 1 saturated carbocycles. The van der Waals surface area contributed by atoms with E-state index in [0.717, 1.165) is 29.8 Å². The van der Waals surface area contributed by atoms with Crippen LogP contribution in [0.15, 0.2) is 33.7 Å². The van der Waals surface area contributed by atoms with Crippen molar-refractivity contribution < 1.29 is 4.42 Å². The molecule has 1 aliphatic carbocycles. The highest BCUT2D eigenvalue weighted by atomic mass is 16.3. The number of fused-ring (bicyclic) bond motifs is 1. The number of aliphatic imine (C=N–C) groups is 1. The molecule has 4 heteroatoms. The minimum absolute atomic E-state index is 0.566. The van der Waals surface area contributed by atoms with Gasteiger partial charge in [0.05, 0.1) is 0 Å². The molecule has 0 bridgehead atoms. The fourth-order valence-corrected chi connectivity index (χ4v) is 2.55. The quantitative estimate of drug-likeness (QED) is 0.670. The Kier molecular flexibility index (Phi) is 3.86. The van der Waals surface area contributed by atoms with Gasteiger partial charge in [-0.1, -0.05) is 25.1 Å². The first-order chi connectivity index (χ1) is 10.2. The molecule has 0 radical (unpaired) electrons. The van der Waals surface area contributed by atoms with E-state index in [-0.39, 0.29) is 0 Å². The smallest absolute Gasteiger partial charge is 0.191 e. The third-order valence-corrected chi connectivity index (χ3v) is 4.10. The predicted octanol–water partition coefficient (Wildman–Crippen LogP) is 3.20. The molecule has 3 rings (SSSR count). The molecule has 2 atom stereocenters. The average molecular weight is 285 g/mol. The summed E-state index contributed by atoms with van der Waals surface area (Å²) in [6.45, 7) is 7.87. The van der Waals surface area contributed by atoms with Crippen molar-refractivity contribution in [3.8, 4) is 0 Å². The topological polar surface area (TPSA) is 49.6 Å². The van der Waals surface area contributed by atoms with Crippen LogP contribution in [0.3, 0.4) is 0 Å². The van der Waals surface area contributed by atoms with Crippen LogP contribution < -0.4 is 10.6 Å². The first-order valence-corrected chi connectivity index (χ1v) is 7.71. The summed E-state index contributed by atoms with van der Waals surface area (Å²) < 4.78 is 5.91. The standard InChI is InChI=1S/C17H23N3O/c1-4-18-17(20-14-9-11(14)2)19-10-16-12(3)13-7-5-6-8-15(13)21-16/h5-8,11,14H,4,9-10H2,1-3H3,(H2,18,19,20). The highest BCUT2D eigenvalue weighted by molar-refractivity contribution is 5.82. The number of hydrogen-bond donors (Lipinski definition) is 2. The molecule has 1 fully saturated rings. The number of nitrogens with one attached hydrogen (secondary N) is 2. The van der Waals surface area contributed by atoms with Gasteiger partial charge in [-0.3, -0.25) is 0 Å². The van der Waals surface area contributed by atoms with Crippen LogP contribution in [0.4, 0.5) is 0 Å². The maximum absolute atomic E-state index is 5.91. The van der Waals surface area contributed by atoms with Crippen molar-refractivity contribution in [2.45, 2.75) is 39.8 Å². The monoisotopic (exact) mass is 285 g/mol. The zero-order valence-corrected chi connectivity index (χ0v) is 12.9. The fraction of sp³-hybridized carbons (Fsp3) is 0.471. The van der Waals surface area contributed by atoms with Crippen LogP contribution in [0.1, 0.15) is 31.6 Å². The van der Waals surface area contributed by atoms with E-state index >= 15 is 0 Å². The number of para-hydroxylation sites is 1. The molecule has 1 aromatic carbocycles. The molecule has 2 aromatic rings. The summed E-state index contributed by atoms with van der Waals surface area (Å²) in [5.41, 5.74) is 2.12. The second-order valence-corrected chi connectivity index (χ2v) is 5.81. The molecular weight excluding hydrogens is 262 g/mol. The average Bonchev–Trinajstić information content (AvgIpc) is 3.07. The number of guanidine groups is 1. The van der Waals surface area contributed by atoms with E-state index < -0.39 is 0 Å². The van der Waals surface area contributed by atoms with Crippen LogP contribution >= 0.6 is 0 Å². The lowest BCUT2D eigenvalue weighted by molar-refractivity contribution is 0.547. The number of nitrogens with zero attached hydrogens (tertiary/aromatic N) is 1. The van der Waals surface area contributed by atoms with Crippen molar-refractivity contribution in [3.63, 3.8) is 0 Å². The largest absolute Gasteiger partial charge is 0.459 e. The van der Waals surface area contributed by atoms with E-state index in [2.05, 4.69) is 42.5 Å². The molecule has 21 heavy (non-hydrogen) atoms. The van der Waals surface area contributed by atoms with Gasteiger partial charge >= 0.3 is 0 Å². The van der Waals surface area contributed by atoms with Crippen molar-refractivity contribution >= 4 is 16.9 Å². The molecule has 1 aliphatic rings. The predicted molar refractivity (Wildman–Crippen MR) is 86.5 cm³/mol. The third-order valence-electron chi connectivity index (χ3n) is 4.10. The Morgan fingerprint density at radius 1 is 1.38 bits per heavy atom. The molecule has 1 heterocycles. The molecule has 4 nitrogen and oxygen atoms in total. The summed E-state index contributed by atoms with van der Waals surface area (Å²) in [4.78, 5) is 4.66. The van der Waals surface area contributed by atoms with Crippen molar-refractivity contribution in [1.29, 1.82) is 0 Å². The SMILES string of the molecule is CCNC(=NCc1oc2ccccc2c1C)NC1CC1C. The Balaban J connectivity index is 1.76. The molecule has 2 unspecified atom stereocenters. The minimum Gasteiger partial charge on any atom is -0.459 e. The summed E-state index contributed by atoms with van der Waals surface area (Å²) in [6, 6.07) is 8.71. The van der Waals surface area contributed by atoms with E-state index in [9.17, 15) is 0 Å². The number of rotatable bonds is 4. The number of furan rings is 1. The van der Waals surface area contributed by atoms with Gasteiger partial charge in [-0.05, 0) is 32.3 Å². The molecule has 2 N–H and O–H groups in total. The van der Waals surface area contributed by atoms with Crippen molar-refractivity contribution in [3.05, 3.63) is 35.6 Å². The summed E-state index contributed by atoms with van der Waals surface area (Å²) in [6.07, 6.45) is 1.23. The second kappa shape index (κ2) is 5.80. The lowest BCUT2D eigenvalue weighted by atomic mass is 10.1. The Morgan fingerprint density at radius 3 is 2.81 bits per heavy atom. The molecule has 0 spiro atoms. The van der Waals surface area contributed by atoms with Gasteiger partial charge in [0.25, 0.3) is 0 Å². The zero-order valence-electron chi connectivity index (χ0n) is 12.9. The summed E-state index contributed by atoms with van der Waals surface area (Å²) >= 11 is 0. The third kappa shape index (κ3) is 3.04. The zero-order chi connectivity index (χ0) is 14.8. The van der Waals surface area contributed by atoms with E-state index in [1.807, 2.05) is 18.2 Å². The Labute approximate surface area is 125 Å². The molecule has 112 valence electrons. The second-order valence-electron chi connectivity index (χ2n) is 5.81. The highest BCUT2D eigenvalue weighted by Gasteiger charge is 2.33. The van der Waals surface area contributed by atoms with E-state index in [1.54, 1.807) is 0 Å². The molecule has 0 aliphatic heterocycles. The van der Waals surface area contributed by atoms with Crippen molar-refractivity contribution in [2.75, 3.05) is 6.54 Å². The Morgan fingerprint density at radius 2 is 2.14 bits per heavy atom. The van der Waals surface area contributed by atoms with Gasteiger partial charge < -0.3 is 15.1 Å². The van der Waals surface area contributed by atoms with Gasteiger partial charge in [-0.25, -0.2) is 4.99 Å². The Hall–Kier alpha value is -1.97. The van der Waals surface area contributed by atoms with Crippen molar-refractivity contribution in [1.82, 2.24) is 10.6 Å². The lowest BCUT2D eigenvalue weighted by Gasteiger charge is -2.10. The first-order valence-electron chi connectivity index (χ1n) is 7.71. The Bertz CT molecular complexity index is 659. The molecule has 0 amide bonds. The van der Waals surface area contributed by atoms with Crippen LogP contribution in [-0.4, -0.2) is 18.5 Å².